The molecule has 0 unspecified atom stereocenters. The van der Waals surface area contributed by atoms with Crippen molar-refractivity contribution in [2.45, 2.75) is 6.54 Å². The highest BCUT2D eigenvalue weighted by Gasteiger charge is 2.10. The van der Waals surface area contributed by atoms with Gasteiger partial charge < -0.3 is 15.3 Å². The summed E-state index contributed by atoms with van der Waals surface area (Å²) in [6, 6.07) is 8.59. The highest BCUT2D eigenvalue weighted by atomic mass is 16.3. The number of nitrogens with one attached hydrogen (secondary N) is 1. The van der Waals surface area contributed by atoms with Gasteiger partial charge in [-0.2, -0.15) is 0 Å². The molecule has 1 aliphatic rings. The lowest BCUT2D eigenvalue weighted by Gasteiger charge is -2.27. The van der Waals surface area contributed by atoms with Gasteiger partial charge in [0.05, 0.1) is 6.61 Å². The van der Waals surface area contributed by atoms with Crippen LogP contribution in [0.15, 0.2) is 24.3 Å². The summed E-state index contributed by atoms with van der Waals surface area (Å²) in [5.74, 6) is 0. The van der Waals surface area contributed by atoms with Crippen LogP contribution in [-0.4, -0.2) is 56.4 Å². The Bertz CT molecular complexity index is 364. The molecule has 2 rings (SSSR count). The van der Waals surface area contributed by atoms with Crippen LogP contribution in [0, 0.1) is 0 Å². The van der Waals surface area contributed by atoms with E-state index in [1.807, 2.05) is 7.05 Å². The molecule has 2 N–H and O–H groups in total. The van der Waals surface area contributed by atoms with E-state index in [0.29, 0.717) is 6.54 Å². The van der Waals surface area contributed by atoms with Crippen LogP contribution in [0.25, 0.3) is 0 Å². The van der Waals surface area contributed by atoms with Gasteiger partial charge in [0.25, 0.3) is 0 Å². The van der Waals surface area contributed by atoms with Gasteiger partial charge in [0, 0.05) is 52.0 Å². The van der Waals surface area contributed by atoms with Gasteiger partial charge in [0.2, 0.25) is 0 Å². The maximum absolute atomic E-state index is 8.97. The summed E-state index contributed by atoms with van der Waals surface area (Å²) in [5, 5.41) is 12.3. The fraction of sp³-hybridized carbons (Fsp3) is 0.571. The molecule has 0 amide bonds. The van der Waals surface area contributed by atoms with Gasteiger partial charge in [0.15, 0.2) is 0 Å². The molecule has 1 fully saturated rings. The summed E-state index contributed by atoms with van der Waals surface area (Å²) in [7, 11) is 2.01. The van der Waals surface area contributed by atoms with Crippen LogP contribution in [0.2, 0.25) is 0 Å². The molecule has 1 aromatic carbocycles. The minimum Gasteiger partial charge on any atom is -0.395 e. The number of rotatable bonds is 5. The lowest BCUT2D eigenvalue weighted by molar-refractivity contribution is 0.233. The van der Waals surface area contributed by atoms with Crippen molar-refractivity contribution in [1.29, 1.82) is 0 Å². The van der Waals surface area contributed by atoms with Gasteiger partial charge in [-0.15, -0.1) is 0 Å². The summed E-state index contributed by atoms with van der Waals surface area (Å²) in [6.07, 6.45) is 0. The van der Waals surface area contributed by atoms with Gasteiger partial charge >= 0.3 is 0 Å². The summed E-state index contributed by atoms with van der Waals surface area (Å²) >= 11 is 0. The molecule has 0 radical (unpaired) electrons. The van der Waals surface area contributed by atoms with Crippen molar-refractivity contribution in [1.82, 2.24) is 10.2 Å². The molecule has 4 nitrogen and oxygen atoms in total. The third kappa shape index (κ3) is 3.70. The molecule has 100 valence electrons. The van der Waals surface area contributed by atoms with Gasteiger partial charge in [-0.25, -0.2) is 0 Å². The Hall–Kier alpha value is -1.10. The normalized spacial score (nSPS) is 16.8. The molecule has 0 spiro atoms. The number of hydrogen-bond donors (Lipinski definition) is 2. The number of anilines is 1. The molecular weight excluding hydrogens is 226 g/mol. The first-order valence-electron chi connectivity index (χ1n) is 6.63. The highest BCUT2D eigenvalue weighted by molar-refractivity contribution is 5.47. The summed E-state index contributed by atoms with van der Waals surface area (Å²) in [6.45, 7) is 6.31. The van der Waals surface area contributed by atoms with Crippen LogP contribution in [0.5, 0.6) is 0 Å². The minimum atomic E-state index is 0.193. The third-order valence-corrected chi connectivity index (χ3v) is 3.40. The zero-order valence-electron chi connectivity index (χ0n) is 11.1. The minimum absolute atomic E-state index is 0.193. The molecule has 18 heavy (non-hydrogen) atoms. The first-order valence-corrected chi connectivity index (χ1v) is 6.63. The van der Waals surface area contributed by atoms with Crippen molar-refractivity contribution in [3.63, 3.8) is 0 Å². The number of benzene rings is 1. The van der Waals surface area contributed by atoms with Crippen LogP contribution in [0.4, 0.5) is 5.69 Å². The molecule has 0 atom stereocenters. The van der Waals surface area contributed by atoms with Crippen molar-refractivity contribution in [2.75, 3.05) is 51.3 Å². The zero-order valence-corrected chi connectivity index (χ0v) is 11.1. The average molecular weight is 249 g/mol. The second-order valence-corrected chi connectivity index (χ2v) is 4.84. The fourth-order valence-electron chi connectivity index (χ4n) is 2.30. The van der Waals surface area contributed by atoms with Crippen LogP contribution in [0.1, 0.15) is 5.56 Å². The van der Waals surface area contributed by atoms with Crippen LogP contribution >= 0.6 is 0 Å². The van der Waals surface area contributed by atoms with Crippen molar-refractivity contribution < 1.29 is 5.11 Å². The summed E-state index contributed by atoms with van der Waals surface area (Å²) in [5.41, 5.74) is 2.52. The Morgan fingerprint density at radius 2 is 2.11 bits per heavy atom. The molecule has 0 aliphatic carbocycles. The lowest BCUT2D eigenvalue weighted by atomic mass is 10.1. The van der Waals surface area contributed by atoms with Crippen molar-refractivity contribution in [2.24, 2.45) is 0 Å². The number of aliphatic hydroxyl groups excluding tert-OH is 1. The SMILES string of the molecule is CN(CCO)c1cccc(CN2CCNCC2)c1. The maximum atomic E-state index is 8.97. The first kappa shape index (κ1) is 13.3. The molecule has 0 saturated carbocycles. The molecule has 1 aliphatic heterocycles. The van der Waals surface area contributed by atoms with Crippen LogP contribution < -0.4 is 10.2 Å². The fourth-order valence-corrected chi connectivity index (χ4v) is 2.30. The van der Waals surface area contributed by atoms with E-state index < -0.39 is 0 Å². The average Bonchev–Trinajstić information content (AvgIpc) is 2.40. The number of nitrogens with zero attached hydrogens (tertiary/aromatic N) is 2. The second kappa shape index (κ2) is 6.73. The summed E-state index contributed by atoms with van der Waals surface area (Å²) in [4.78, 5) is 4.56. The largest absolute Gasteiger partial charge is 0.395 e. The standard InChI is InChI=1S/C14H23N3O/c1-16(9-10-18)14-4-2-3-13(11-14)12-17-7-5-15-6-8-17/h2-4,11,15,18H,5-10,12H2,1H3. The molecule has 1 heterocycles. The molecule has 1 saturated heterocycles. The second-order valence-electron chi connectivity index (χ2n) is 4.84. The number of piperazine rings is 1. The van der Waals surface area contributed by atoms with E-state index in [9.17, 15) is 0 Å². The number of aliphatic hydroxyl groups is 1. The quantitative estimate of drug-likeness (QED) is 0.798. The monoisotopic (exact) mass is 249 g/mol. The van der Waals surface area contributed by atoms with E-state index >= 15 is 0 Å². The first-order chi connectivity index (χ1) is 8.79. The molecule has 1 aromatic rings. The van der Waals surface area contributed by atoms with Crippen molar-refractivity contribution >= 4 is 5.69 Å². The Balaban J connectivity index is 1.97. The number of likely N-dealkylation sites (N-methyl/N-ethyl adjacent to an activating group) is 1. The third-order valence-electron chi connectivity index (χ3n) is 3.40. The molecule has 0 bridgehead atoms. The Kier molecular flexibility index (Phi) is 4.99. The van der Waals surface area contributed by atoms with Crippen molar-refractivity contribution in [3.05, 3.63) is 29.8 Å². The van der Waals surface area contributed by atoms with Gasteiger partial charge in [-0.1, -0.05) is 12.1 Å². The Morgan fingerprint density at radius 1 is 1.33 bits per heavy atom. The van der Waals surface area contributed by atoms with E-state index in [1.165, 1.54) is 11.3 Å². The molecule has 0 aromatic heterocycles. The maximum Gasteiger partial charge on any atom is 0.0606 e. The predicted molar refractivity (Wildman–Crippen MR) is 74.9 cm³/mol. The zero-order chi connectivity index (χ0) is 12.8. The topological polar surface area (TPSA) is 38.7 Å². The summed E-state index contributed by atoms with van der Waals surface area (Å²) < 4.78 is 0. The number of hydrogen-bond acceptors (Lipinski definition) is 4. The Labute approximate surface area is 109 Å². The van der Waals surface area contributed by atoms with Crippen molar-refractivity contribution in [3.8, 4) is 0 Å². The van der Waals surface area contributed by atoms with E-state index in [1.54, 1.807) is 0 Å². The van der Waals surface area contributed by atoms with Gasteiger partial charge in [-0.05, 0) is 17.7 Å². The van der Waals surface area contributed by atoms with E-state index in [2.05, 4.69) is 39.4 Å². The van der Waals surface area contributed by atoms with Gasteiger partial charge in [-0.3, -0.25) is 4.90 Å². The smallest absolute Gasteiger partial charge is 0.0606 e. The highest BCUT2D eigenvalue weighted by Crippen LogP contribution is 2.16. The van der Waals surface area contributed by atoms with E-state index in [0.717, 1.165) is 32.7 Å². The lowest BCUT2D eigenvalue weighted by Crippen LogP contribution is -2.42. The van der Waals surface area contributed by atoms with Gasteiger partial charge in [0.1, 0.15) is 0 Å². The molecular formula is C14H23N3O. The van der Waals surface area contributed by atoms with E-state index in [-0.39, 0.29) is 6.61 Å². The van der Waals surface area contributed by atoms with E-state index in [4.69, 9.17) is 5.11 Å². The van der Waals surface area contributed by atoms with Crippen LogP contribution in [-0.2, 0) is 6.54 Å². The van der Waals surface area contributed by atoms with Crippen LogP contribution in [0.3, 0.4) is 0 Å². The molecule has 4 heteroatoms. The predicted octanol–water partition coefficient (Wildman–Crippen LogP) is 0.520. The Morgan fingerprint density at radius 3 is 2.83 bits per heavy atom.